The summed E-state index contributed by atoms with van der Waals surface area (Å²) >= 11 is 2.88. The lowest BCUT2D eigenvalue weighted by molar-refractivity contribution is 0.133. The first-order valence-corrected chi connectivity index (χ1v) is 6.43. The molecule has 1 unspecified atom stereocenters. The molecule has 0 saturated heterocycles. The van der Waals surface area contributed by atoms with Crippen molar-refractivity contribution in [1.29, 1.82) is 0 Å². The van der Waals surface area contributed by atoms with Crippen molar-refractivity contribution in [2.45, 2.75) is 19.9 Å². The molecule has 1 N–H and O–H groups in total. The van der Waals surface area contributed by atoms with Crippen LogP contribution in [-0.4, -0.2) is 32.3 Å². The number of alkyl halides is 1. The fourth-order valence-electron chi connectivity index (χ4n) is 0.667. The molecule has 0 aromatic heterocycles. The second kappa shape index (κ2) is 5.90. The van der Waals surface area contributed by atoms with Gasteiger partial charge in [0, 0.05) is 12.6 Å². The summed E-state index contributed by atoms with van der Waals surface area (Å²) in [7, 11) is -3.16. The minimum Gasteiger partial charge on any atom is -0.380 e. The number of rotatable bonds is 6. The molecule has 4 nitrogen and oxygen atoms in total. The highest BCUT2D eigenvalue weighted by atomic mass is 79.9. The average Bonchev–Trinajstić information content (AvgIpc) is 2.00. The van der Waals surface area contributed by atoms with Crippen molar-refractivity contribution in [3.8, 4) is 0 Å². The van der Waals surface area contributed by atoms with Crippen LogP contribution in [0.15, 0.2) is 0 Å². The van der Waals surface area contributed by atoms with Crippen LogP contribution in [0, 0.1) is 0 Å². The maximum atomic E-state index is 11.0. The van der Waals surface area contributed by atoms with Gasteiger partial charge in [-0.25, -0.2) is 13.1 Å². The molecule has 74 valence electrons. The van der Waals surface area contributed by atoms with E-state index in [-0.39, 0.29) is 10.7 Å². The normalized spacial score (nSPS) is 14.6. The van der Waals surface area contributed by atoms with E-state index in [0.717, 1.165) is 0 Å². The Bertz CT molecular complexity index is 205. The molecule has 0 amide bonds. The molecule has 6 heteroatoms. The Kier molecular flexibility index (Phi) is 6.08. The molecule has 0 aliphatic rings. The summed E-state index contributed by atoms with van der Waals surface area (Å²) in [4.78, 5) is 0. The molecule has 0 heterocycles. The van der Waals surface area contributed by atoms with Crippen LogP contribution in [0.5, 0.6) is 0 Å². The van der Waals surface area contributed by atoms with Crippen LogP contribution >= 0.6 is 15.9 Å². The molecule has 12 heavy (non-hydrogen) atoms. The molecule has 0 saturated carbocycles. The molecule has 0 aliphatic carbocycles. The Morgan fingerprint density at radius 3 is 2.58 bits per heavy atom. The van der Waals surface area contributed by atoms with Gasteiger partial charge in [-0.05, 0) is 13.8 Å². The van der Waals surface area contributed by atoms with E-state index in [1.54, 1.807) is 6.92 Å². The lowest BCUT2D eigenvalue weighted by atomic mass is 10.4. The van der Waals surface area contributed by atoms with Gasteiger partial charge >= 0.3 is 0 Å². The van der Waals surface area contributed by atoms with Gasteiger partial charge in [-0.1, -0.05) is 15.9 Å². The van der Waals surface area contributed by atoms with Gasteiger partial charge in [0.2, 0.25) is 10.0 Å². The van der Waals surface area contributed by atoms with Gasteiger partial charge in [-0.2, -0.15) is 0 Å². The van der Waals surface area contributed by atoms with E-state index in [1.165, 1.54) is 0 Å². The van der Waals surface area contributed by atoms with Crippen molar-refractivity contribution in [2.24, 2.45) is 0 Å². The Morgan fingerprint density at radius 1 is 1.58 bits per heavy atom. The minimum absolute atomic E-state index is 0.0730. The maximum absolute atomic E-state index is 11.0. The molecule has 0 aliphatic heterocycles. The number of nitrogens with one attached hydrogen (secondary N) is 1. The predicted molar refractivity (Wildman–Crippen MR) is 51.8 cm³/mol. The topological polar surface area (TPSA) is 55.4 Å². The molecule has 0 aromatic rings. The van der Waals surface area contributed by atoms with Gasteiger partial charge in [0.1, 0.15) is 4.66 Å². The van der Waals surface area contributed by atoms with Crippen molar-refractivity contribution in [3.05, 3.63) is 0 Å². The van der Waals surface area contributed by atoms with Crippen molar-refractivity contribution in [2.75, 3.05) is 17.9 Å². The zero-order valence-corrected chi connectivity index (χ0v) is 9.61. The van der Waals surface area contributed by atoms with Gasteiger partial charge in [0.15, 0.2) is 0 Å². The number of hydrogen-bond acceptors (Lipinski definition) is 3. The van der Waals surface area contributed by atoms with Crippen molar-refractivity contribution >= 4 is 26.0 Å². The first-order chi connectivity index (χ1) is 5.52. The van der Waals surface area contributed by atoms with Gasteiger partial charge in [-0.15, -0.1) is 0 Å². The standard InChI is InChI=1S/C6H14BrNO3S/c1-3-11-4-6(2)8-12(9,10)5-7/h6,8H,3-5H2,1-2H3. The molecule has 0 fully saturated rings. The first kappa shape index (κ1) is 12.3. The molecule has 0 aromatic carbocycles. The zero-order valence-electron chi connectivity index (χ0n) is 7.21. The summed E-state index contributed by atoms with van der Waals surface area (Å²) in [6.07, 6.45) is 0. The monoisotopic (exact) mass is 259 g/mol. The number of sulfonamides is 1. The van der Waals surface area contributed by atoms with E-state index in [4.69, 9.17) is 4.74 Å². The molecule has 1 atom stereocenters. The summed E-state index contributed by atoms with van der Waals surface area (Å²) in [5.74, 6) is 0. The first-order valence-electron chi connectivity index (χ1n) is 3.65. The number of halogens is 1. The predicted octanol–water partition coefficient (Wildman–Crippen LogP) is 0.683. The molecule has 0 spiro atoms. The Balaban J connectivity index is 3.76. The Labute approximate surface area is 81.9 Å². The third kappa shape index (κ3) is 5.93. The van der Waals surface area contributed by atoms with Gasteiger partial charge in [0.25, 0.3) is 0 Å². The molecular formula is C6H14BrNO3S. The van der Waals surface area contributed by atoms with E-state index in [1.807, 2.05) is 6.92 Å². The van der Waals surface area contributed by atoms with Gasteiger partial charge in [0.05, 0.1) is 6.61 Å². The summed E-state index contributed by atoms with van der Waals surface area (Å²) < 4.78 is 29.3. The average molecular weight is 260 g/mol. The quantitative estimate of drug-likeness (QED) is 0.715. The van der Waals surface area contributed by atoms with Gasteiger partial charge in [-0.3, -0.25) is 0 Å². The van der Waals surface area contributed by atoms with E-state index in [9.17, 15) is 8.42 Å². The van der Waals surface area contributed by atoms with Crippen molar-refractivity contribution in [1.82, 2.24) is 4.72 Å². The van der Waals surface area contributed by atoms with Gasteiger partial charge < -0.3 is 4.74 Å². The van der Waals surface area contributed by atoms with E-state index in [0.29, 0.717) is 13.2 Å². The molecule has 0 rings (SSSR count). The highest BCUT2D eigenvalue weighted by molar-refractivity contribution is 9.10. The second-order valence-electron chi connectivity index (χ2n) is 2.40. The number of ether oxygens (including phenoxy) is 1. The Morgan fingerprint density at radius 2 is 2.17 bits per heavy atom. The van der Waals surface area contributed by atoms with Crippen LogP contribution in [0.3, 0.4) is 0 Å². The lowest BCUT2D eigenvalue weighted by Gasteiger charge is -2.12. The van der Waals surface area contributed by atoms with Crippen LogP contribution in [0.4, 0.5) is 0 Å². The van der Waals surface area contributed by atoms with Crippen LogP contribution < -0.4 is 4.72 Å². The summed E-state index contributed by atoms with van der Waals surface area (Å²) in [6, 6.07) is -0.174. The van der Waals surface area contributed by atoms with Crippen molar-refractivity contribution in [3.63, 3.8) is 0 Å². The summed E-state index contributed by atoms with van der Waals surface area (Å²) in [5.41, 5.74) is 0. The van der Waals surface area contributed by atoms with Crippen LogP contribution in [-0.2, 0) is 14.8 Å². The number of hydrogen-bond donors (Lipinski definition) is 1. The van der Waals surface area contributed by atoms with Crippen molar-refractivity contribution < 1.29 is 13.2 Å². The van der Waals surface area contributed by atoms with Crippen LogP contribution in [0.2, 0.25) is 0 Å². The SMILES string of the molecule is CCOCC(C)NS(=O)(=O)CBr. The smallest absolute Gasteiger partial charge is 0.221 e. The summed E-state index contributed by atoms with van der Waals surface area (Å²) in [5, 5.41) is 0. The Hall–Kier alpha value is 0.350. The van der Waals surface area contributed by atoms with E-state index < -0.39 is 10.0 Å². The molecule has 0 radical (unpaired) electrons. The lowest BCUT2D eigenvalue weighted by Crippen LogP contribution is -2.36. The second-order valence-corrected chi connectivity index (χ2v) is 5.46. The largest absolute Gasteiger partial charge is 0.380 e. The van der Waals surface area contributed by atoms with Crippen LogP contribution in [0.1, 0.15) is 13.8 Å². The fourth-order valence-corrected chi connectivity index (χ4v) is 1.81. The van der Waals surface area contributed by atoms with Crippen LogP contribution in [0.25, 0.3) is 0 Å². The highest BCUT2D eigenvalue weighted by Gasteiger charge is 2.11. The highest BCUT2D eigenvalue weighted by Crippen LogP contribution is 1.94. The van der Waals surface area contributed by atoms with E-state index in [2.05, 4.69) is 20.7 Å². The maximum Gasteiger partial charge on any atom is 0.221 e. The zero-order chi connectivity index (χ0) is 9.61. The minimum atomic E-state index is -3.16. The van der Waals surface area contributed by atoms with E-state index >= 15 is 0 Å². The third-order valence-corrected chi connectivity index (χ3v) is 3.95. The molecule has 0 bridgehead atoms. The fraction of sp³-hybridized carbons (Fsp3) is 1.00. The summed E-state index contributed by atoms with van der Waals surface area (Å²) in [6.45, 7) is 4.63. The molecular weight excluding hydrogens is 246 g/mol. The third-order valence-electron chi connectivity index (χ3n) is 1.10.